The summed E-state index contributed by atoms with van der Waals surface area (Å²) >= 11 is 5.86. The molecule has 0 aliphatic carbocycles. The summed E-state index contributed by atoms with van der Waals surface area (Å²) in [5.74, 6) is 0.467. The Bertz CT molecular complexity index is 905. The average Bonchev–Trinajstić information content (AvgIpc) is 2.49. The molecule has 4 heteroatoms. The quantitative estimate of drug-likeness (QED) is 0.712. The third-order valence-electron chi connectivity index (χ3n) is 3.23. The summed E-state index contributed by atoms with van der Waals surface area (Å²) in [6.45, 7) is 0. The number of para-hydroxylation sites is 1. The Labute approximate surface area is 126 Å². The fourth-order valence-corrected chi connectivity index (χ4v) is 2.34. The van der Waals surface area contributed by atoms with Crippen molar-refractivity contribution in [2.45, 2.75) is 6.42 Å². The van der Waals surface area contributed by atoms with Crippen molar-refractivity contribution in [3.05, 3.63) is 69.3 Å². The molecule has 0 amide bonds. The molecule has 0 bridgehead atoms. The third-order valence-corrected chi connectivity index (χ3v) is 3.49. The zero-order valence-electron chi connectivity index (χ0n) is 11.0. The van der Waals surface area contributed by atoms with Gasteiger partial charge in [0.15, 0.2) is 5.43 Å². The molecule has 0 aliphatic heterocycles. The van der Waals surface area contributed by atoms with Gasteiger partial charge in [-0.25, -0.2) is 0 Å². The number of hydrogen-bond donors (Lipinski definition) is 0. The van der Waals surface area contributed by atoms with Crippen molar-refractivity contribution in [2.24, 2.45) is 0 Å². The van der Waals surface area contributed by atoms with Crippen LogP contribution in [0.5, 0.6) is 0 Å². The largest absolute Gasteiger partial charge is 0.455 e. The Morgan fingerprint density at radius 2 is 1.90 bits per heavy atom. The molecule has 102 valence electrons. The summed E-state index contributed by atoms with van der Waals surface area (Å²) in [5, 5.41) is 9.99. The van der Waals surface area contributed by atoms with Gasteiger partial charge in [0, 0.05) is 22.2 Å². The molecule has 0 atom stereocenters. The fourth-order valence-electron chi connectivity index (χ4n) is 2.22. The van der Waals surface area contributed by atoms with Crippen molar-refractivity contribution >= 4 is 22.6 Å². The van der Waals surface area contributed by atoms with Crippen LogP contribution in [0, 0.1) is 11.3 Å². The molecule has 0 fully saturated rings. The van der Waals surface area contributed by atoms with Crippen LogP contribution < -0.4 is 5.43 Å². The van der Waals surface area contributed by atoms with Gasteiger partial charge >= 0.3 is 0 Å². The minimum Gasteiger partial charge on any atom is -0.455 e. The number of benzene rings is 2. The van der Waals surface area contributed by atoms with Crippen LogP contribution in [-0.4, -0.2) is 0 Å². The van der Waals surface area contributed by atoms with E-state index >= 15 is 0 Å². The molecule has 21 heavy (non-hydrogen) atoms. The van der Waals surface area contributed by atoms with Crippen LogP contribution in [0.4, 0.5) is 0 Å². The summed E-state index contributed by atoms with van der Waals surface area (Å²) in [4.78, 5) is 12.2. The van der Waals surface area contributed by atoms with E-state index in [-0.39, 0.29) is 11.8 Å². The molecule has 0 radical (unpaired) electrons. The Hall–Kier alpha value is -2.57. The molecule has 0 saturated carbocycles. The van der Waals surface area contributed by atoms with E-state index in [9.17, 15) is 4.79 Å². The third kappa shape index (κ3) is 2.54. The lowest BCUT2D eigenvalue weighted by molar-refractivity contribution is 0.615. The highest BCUT2D eigenvalue weighted by molar-refractivity contribution is 6.30. The smallest absolute Gasteiger partial charge is 0.193 e. The average molecular weight is 296 g/mol. The molecular formula is C17H10ClNO2. The van der Waals surface area contributed by atoms with Crippen LogP contribution in [0.2, 0.25) is 5.02 Å². The molecule has 0 unspecified atom stereocenters. The molecule has 3 nitrogen and oxygen atoms in total. The van der Waals surface area contributed by atoms with Crippen molar-refractivity contribution in [1.29, 1.82) is 5.26 Å². The zero-order chi connectivity index (χ0) is 14.8. The van der Waals surface area contributed by atoms with Gasteiger partial charge in [0.05, 0.1) is 17.9 Å². The van der Waals surface area contributed by atoms with Crippen LogP contribution >= 0.6 is 11.6 Å². The Morgan fingerprint density at radius 1 is 1.14 bits per heavy atom. The van der Waals surface area contributed by atoms with E-state index < -0.39 is 0 Å². The molecule has 3 aromatic rings. The minimum atomic E-state index is -0.124. The summed E-state index contributed by atoms with van der Waals surface area (Å²) in [7, 11) is 0. The van der Waals surface area contributed by atoms with Gasteiger partial charge in [-0.3, -0.25) is 4.79 Å². The number of rotatable bonds is 2. The van der Waals surface area contributed by atoms with E-state index in [4.69, 9.17) is 21.3 Å². The van der Waals surface area contributed by atoms with Crippen LogP contribution in [0.15, 0.2) is 57.7 Å². The highest BCUT2D eigenvalue weighted by Gasteiger charge is 2.10. The van der Waals surface area contributed by atoms with E-state index in [1.165, 1.54) is 6.07 Å². The van der Waals surface area contributed by atoms with Gasteiger partial charge in [0.2, 0.25) is 0 Å². The Morgan fingerprint density at radius 3 is 2.62 bits per heavy atom. The van der Waals surface area contributed by atoms with E-state index in [0.717, 1.165) is 5.56 Å². The molecule has 3 rings (SSSR count). The number of nitriles is 1. The van der Waals surface area contributed by atoms with Crippen molar-refractivity contribution < 1.29 is 4.42 Å². The van der Waals surface area contributed by atoms with Crippen molar-refractivity contribution in [3.8, 4) is 17.4 Å². The van der Waals surface area contributed by atoms with Crippen molar-refractivity contribution in [2.75, 3.05) is 0 Å². The lowest BCUT2D eigenvalue weighted by Crippen LogP contribution is -2.01. The second kappa shape index (κ2) is 5.43. The van der Waals surface area contributed by atoms with Gasteiger partial charge in [0.25, 0.3) is 0 Å². The predicted molar refractivity (Wildman–Crippen MR) is 82.2 cm³/mol. The first-order valence-electron chi connectivity index (χ1n) is 6.37. The SMILES string of the molecule is N#CCc1cccc2c(=O)cc(-c3ccc(Cl)cc3)oc12. The number of nitrogens with zero attached hydrogens (tertiary/aromatic N) is 1. The fraction of sp³-hybridized carbons (Fsp3) is 0.0588. The summed E-state index contributed by atoms with van der Waals surface area (Å²) in [6, 6.07) is 15.9. The second-order valence-corrected chi connectivity index (χ2v) is 5.05. The van der Waals surface area contributed by atoms with E-state index in [1.54, 1.807) is 42.5 Å². The normalized spacial score (nSPS) is 10.5. The summed E-state index contributed by atoms with van der Waals surface area (Å²) < 4.78 is 5.86. The molecular weight excluding hydrogens is 286 g/mol. The predicted octanol–water partition coefficient (Wildman–Crippen LogP) is 4.18. The van der Waals surface area contributed by atoms with Gasteiger partial charge in [-0.1, -0.05) is 23.7 Å². The molecule has 2 aromatic carbocycles. The van der Waals surface area contributed by atoms with Gasteiger partial charge in [-0.15, -0.1) is 0 Å². The standard InChI is InChI=1S/C17H10ClNO2/c18-13-6-4-11(5-7-13)16-10-15(20)14-3-1-2-12(8-9-19)17(14)21-16/h1-7,10H,8H2. The number of halogens is 1. The highest BCUT2D eigenvalue weighted by atomic mass is 35.5. The number of hydrogen-bond acceptors (Lipinski definition) is 3. The lowest BCUT2D eigenvalue weighted by atomic mass is 10.1. The van der Waals surface area contributed by atoms with Crippen molar-refractivity contribution in [1.82, 2.24) is 0 Å². The molecule has 1 heterocycles. The van der Waals surface area contributed by atoms with Gasteiger partial charge in [-0.05, 0) is 30.3 Å². The molecule has 0 aliphatic rings. The Balaban J connectivity index is 2.26. The zero-order valence-corrected chi connectivity index (χ0v) is 11.7. The monoisotopic (exact) mass is 295 g/mol. The van der Waals surface area contributed by atoms with Gasteiger partial charge in [0.1, 0.15) is 11.3 Å². The van der Waals surface area contributed by atoms with Gasteiger partial charge < -0.3 is 4.42 Å². The minimum absolute atomic E-state index is 0.124. The topological polar surface area (TPSA) is 54.0 Å². The van der Waals surface area contributed by atoms with Crippen LogP contribution in [0.3, 0.4) is 0 Å². The van der Waals surface area contributed by atoms with Crippen LogP contribution in [-0.2, 0) is 6.42 Å². The summed E-state index contributed by atoms with van der Waals surface area (Å²) in [6.07, 6.45) is 0.199. The molecule has 0 saturated heterocycles. The van der Waals surface area contributed by atoms with Gasteiger partial charge in [-0.2, -0.15) is 5.26 Å². The van der Waals surface area contributed by atoms with E-state index in [2.05, 4.69) is 6.07 Å². The first-order valence-corrected chi connectivity index (χ1v) is 6.75. The lowest BCUT2D eigenvalue weighted by Gasteiger charge is -2.06. The molecule has 0 N–H and O–H groups in total. The number of fused-ring (bicyclic) bond motifs is 1. The molecule has 1 aromatic heterocycles. The maximum absolute atomic E-state index is 12.2. The molecule has 0 spiro atoms. The maximum Gasteiger partial charge on any atom is 0.193 e. The van der Waals surface area contributed by atoms with Crippen molar-refractivity contribution in [3.63, 3.8) is 0 Å². The first kappa shape index (κ1) is 13.4. The Kier molecular flexibility index (Phi) is 3.47. The maximum atomic E-state index is 12.2. The van der Waals surface area contributed by atoms with E-state index in [0.29, 0.717) is 27.3 Å². The second-order valence-electron chi connectivity index (χ2n) is 4.61. The van der Waals surface area contributed by atoms with E-state index in [1.807, 2.05) is 0 Å². The highest BCUT2D eigenvalue weighted by Crippen LogP contribution is 2.25. The first-order chi connectivity index (χ1) is 10.2. The summed E-state index contributed by atoms with van der Waals surface area (Å²) in [5.41, 5.74) is 1.82. The van der Waals surface area contributed by atoms with Crippen LogP contribution in [0.25, 0.3) is 22.3 Å². The van der Waals surface area contributed by atoms with Crippen LogP contribution in [0.1, 0.15) is 5.56 Å².